The maximum absolute atomic E-state index is 11.0. The second kappa shape index (κ2) is 5.14. The second-order valence-corrected chi connectivity index (χ2v) is 4.08. The molecule has 17 heavy (non-hydrogen) atoms. The maximum atomic E-state index is 11.0. The predicted molar refractivity (Wildman–Crippen MR) is 65.3 cm³/mol. The summed E-state index contributed by atoms with van der Waals surface area (Å²) in [6.07, 6.45) is 0.923. The van der Waals surface area contributed by atoms with Gasteiger partial charge in [-0.15, -0.1) is 0 Å². The van der Waals surface area contributed by atoms with Gasteiger partial charge in [0.2, 0.25) is 0 Å². The Balaban J connectivity index is 2.34. The van der Waals surface area contributed by atoms with Crippen molar-refractivity contribution in [3.05, 3.63) is 34.4 Å². The maximum Gasteiger partial charge on any atom is 0.292 e. The Kier molecular flexibility index (Phi) is 3.58. The Morgan fingerprint density at radius 1 is 1.53 bits per heavy atom. The number of nitro benzene ring substituents is 1. The minimum Gasteiger partial charge on any atom is -0.377 e. The van der Waals surface area contributed by atoms with E-state index in [4.69, 9.17) is 4.74 Å². The van der Waals surface area contributed by atoms with Crippen LogP contribution in [0.2, 0.25) is 0 Å². The number of rotatable bonds is 3. The standard InChI is InChI=1S/C12H16N2O3/c1-2-10-9-17-8-7-13(10)11-5-3-4-6-12(11)14(15)16/h3-6,10H,2,7-9H2,1H3. The predicted octanol–water partition coefficient (Wildman–Crippen LogP) is 2.21. The Morgan fingerprint density at radius 3 is 3.00 bits per heavy atom. The van der Waals surface area contributed by atoms with E-state index in [1.54, 1.807) is 12.1 Å². The van der Waals surface area contributed by atoms with Gasteiger partial charge in [-0.3, -0.25) is 10.1 Å². The van der Waals surface area contributed by atoms with E-state index in [0.29, 0.717) is 25.4 Å². The number of hydrogen-bond acceptors (Lipinski definition) is 4. The molecule has 5 heteroatoms. The van der Waals surface area contributed by atoms with E-state index in [9.17, 15) is 10.1 Å². The van der Waals surface area contributed by atoms with Crippen LogP contribution in [0.3, 0.4) is 0 Å². The third kappa shape index (κ3) is 2.39. The van der Waals surface area contributed by atoms with Gasteiger partial charge in [-0.2, -0.15) is 0 Å². The molecule has 92 valence electrons. The molecule has 2 rings (SSSR count). The van der Waals surface area contributed by atoms with Gasteiger partial charge in [-0.1, -0.05) is 19.1 Å². The molecule has 1 saturated heterocycles. The zero-order valence-electron chi connectivity index (χ0n) is 9.83. The third-order valence-electron chi connectivity index (χ3n) is 3.09. The van der Waals surface area contributed by atoms with Gasteiger partial charge in [0.15, 0.2) is 0 Å². The number of morpholine rings is 1. The van der Waals surface area contributed by atoms with Crippen LogP contribution in [0, 0.1) is 10.1 Å². The molecule has 1 unspecified atom stereocenters. The van der Waals surface area contributed by atoms with Crippen molar-refractivity contribution in [2.24, 2.45) is 0 Å². The lowest BCUT2D eigenvalue weighted by Gasteiger charge is -2.36. The van der Waals surface area contributed by atoms with Crippen molar-refractivity contribution in [1.29, 1.82) is 0 Å². The van der Waals surface area contributed by atoms with E-state index >= 15 is 0 Å². The lowest BCUT2D eigenvalue weighted by atomic mass is 10.1. The van der Waals surface area contributed by atoms with Crippen LogP contribution in [-0.4, -0.2) is 30.7 Å². The van der Waals surface area contributed by atoms with Crippen molar-refractivity contribution in [3.8, 4) is 0 Å². The number of anilines is 1. The summed E-state index contributed by atoms with van der Waals surface area (Å²) >= 11 is 0. The number of nitro groups is 1. The molecule has 5 nitrogen and oxygen atoms in total. The van der Waals surface area contributed by atoms with E-state index in [0.717, 1.165) is 6.42 Å². The number of nitrogens with zero attached hydrogens (tertiary/aromatic N) is 2. The van der Waals surface area contributed by atoms with E-state index in [-0.39, 0.29) is 16.7 Å². The molecule has 1 atom stereocenters. The summed E-state index contributed by atoms with van der Waals surface area (Å²) in [5, 5.41) is 11.0. The monoisotopic (exact) mass is 236 g/mol. The number of hydrogen-bond donors (Lipinski definition) is 0. The Morgan fingerprint density at radius 2 is 2.29 bits per heavy atom. The van der Waals surface area contributed by atoms with Gasteiger partial charge in [0.25, 0.3) is 5.69 Å². The van der Waals surface area contributed by atoms with Gasteiger partial charge in [0, 0.05) is 12.6 Å². The van der Waals surface area contributed by atoms with Crippen molar-refractivity contribution >= 4 is 11.4 Å². The van der Waals surface area contributed by atoms with E-state index < -0.39 is 0 Å². The number of benzene rings is 1. The van der Waals surface area contributed by atoms with Crippen molar-refractivity contribution in [2.45, 2.75) is 19.4 Å². The fourth-order valence-corrected chi connectivity index (χ4v) is 2.17. The smallest absolute Gasteiger partial charge is 0.292 e. The first-order valence-corrected chi connectivity index (χ1v) is 5.82. The summed E-state index contributed by atoms with van der Waals surface area (Å²) in [6, 6.07) is 7.13. The van der Waals surface area contributed by atoms with Crippen LogP contribution in [0.4, 0.5) is 11.4 Å². The van der Waals surface area contributed by atoms with Crippen LogP contribution in [-0.2, 0) is 4.74 Å². The molecule has 1 aromatic rings. The number of ether oxygens (including phenoxy) is 1. The average Bonchev–Trinajstić information content (AvgIpc) is 2.38. The van der Waals surface area contributed by atoms with Crippen LogP contribution in [0.15, 0.2) is 24.3 Å². The molecular weight excluding hydrogens is 220 g/mol. The molecule has 0 saturated carbocycles. The molecule has 1 aromatic carbocycles. The lowest BCUT2D eigenvalue weighted by Crippen LogP contribution is -2.45. The molecule has 1 fully saturated rings. The summed E-state index contributed by atoms with van der Waals surface area (Å²) in [5.41, 5.74) is 0.875. The summed E-state index contributed by atoms with van der Waals surface area (Å²) in [4.78, 5) is 12.8. The molecule has 0 aliphatic carbocycles. The molecular formula is C12H16N2O3. The Labute approximate surface area is 100 Å². The highest BCUT2D eigenvalue weighted by Crippen LogP contribution is 2.30. The minimum absolute atomic E-state index is 0.174. The van der Waals surface area contributed by atoms with E-state index in [1.807, 2.05) is 12.1 Å². The van der Waals surface area contributed by atoms with Gasteiger partial charge in [-0.25, -0.2) is 0 Å². The highest BCUT2D eigenvalue weighted by molar-refractivity contribution is 5.63. The van der Waals surface area contributed by atoms with Gasteiger partial charge < -0.3 is 9.64 Å². The van der Waals surface area contributed by atoms with Gasteiger partial charge in [-0.05, 0) is 12.5 Å². The van der Waals surface area contributed by atoms with Crippen molar-refractivity contribution < 1.29 is 9.66 Å². The van der Waals surface area contributed by atoms with E-state index in [1.165, 1.54) is 0 Å². The number of para-hydroxylation sites is 2. The molecule has 0 aromatic heterocycles. The highest BCUT2D eigenvalue weighted by atomic mass is 16.6. The molecule has 0 radical (unpaired) electrons. The SMILES string of the molecule is CCC1COCCN1c1ccccc1[N+](=O)[O-]. The van der Waals surface area contributed by atoms with Crippen LogP contribution in [0.1, 0.15) is 13.3 Å². The van der Waals surface area contributed by atoms with Crippen LogP contribution in [0.25, 0.3) is 0 Å². The lowest BCUT2D eigenvalue weighted by molar-refractivity contribution is -0.384. The molecule has 0 bridgehead atoms. The normalized spacial score (nSPS) is 20.3. The van der Waals surface area contributed by atoms with Crippen molar-refractivity contribution in [2.75, 3.05) is 24.7 Å². The summed E-state index contributed by atoms with van der Waals surface area (Å²) in [5.74, 6) is 0. The van der Waals surface area contributed by atoms with Crippen LogP contribution >= 0.6 is 0 Å². The van der Waals surface area contributed by atoms with Crippen LogP contribution < -0.4 is 4.90 Å². The molecule has 0 spiro atoms. The summed E-state index contributed by atoms with van der Waals surface area (Å²) in [6.45, 7) is 4.05. The largest absolute Gasteiger partial charge is 0.377 e. The fourth-order valence-electron chi connectivity index (χ4n) is 2.17. The first-order chi connectivity index (χ1) is 8.24. The van der Waals surface area contributed by atoms with Gasteiger partial charge in [0.1, 0.15) is 5.69 Å². The summed E-state index contributed by atoms with van der Waals surface area (Å²) in [7, 11) is 0. The average molecular weight is 236 g/mol. The molecule has 1 aliphatic heterocycles. The molecule has 0 N–H and O–H groups in total. The van der Waals surface area contributed by atoms with Gasteiger partial charge >= 0.3 is 0 Å². The molecule has 0 amide bonds. The first kappa shape index (κ1) is 11.9. The van der Waals surface area contributed by atoms with Crippen molar-refractivity contribution in [1.82, 2.24) is 0 Å². The zero-order valence-corrected chi connectivity index (χ0v) is 9.83. The Hall–Kier alpha value is -1.62. The molecule has 1 aliphatic rings. The minimum atomic E-state index is -0.322. The summed E-state index contributed by atoms with van der Waals surface area (Å²) < 4.78 is 5.41. The highest BCUT2D eigenvalue weighted by Gasteiger charge is 2.26. The quantitative estimate of drug-likeness (QED) is 0.596. The van der Waals surface area contributed by atoms with Gasteiger partial charge in [0.05, 0.1) is 24.2 Å². The zero-order chi connectivity index (χ0) is 12.3. The van der Waals surface area contributed by atoms with Crippen molar-refractivity contribution in [3.63, 3.8) is 0 Å². The van der Waals surface area contributed by atoms with Crippen LogP contribution in [0.5, 0.6) is 0 Å². The van der Waals surface area contributed by atoms with E-state index in [2.05, 4.69) is 11.8 Å². The Bertz CT molecular complexity index is 408. The first-order valence-electron chi connectivity index (χ1n) is 5.82. The topological polar surface area (TPSA) is 55.6 Å². The second-order valence-electron chi connectivity index (χ2n) is 4.08. The molecule has 1 heterocycles. The fraction of sp³-hybridized carbons (Fsp3) is 0.500. The third-order valence-corrected chi connectivity index (χ3v) is 3.09.